The van der Waals surface area contributed by atoms with Gasteiger partial charge < -0.3 is 10.5 Å². The maximum atomic E-state index is 6.09. The molecule has 0 aliphatic rings. The third-order valence-electron chi connectivity index (χ3n) is 2.50. The van der Waals surface area contributed by atoms with E-state index in [-0.39, 0.29) is 12.1 Å². The van der Waals surface area contributed by atoms with Crippen molar-refractivity contribution in [3.8, 4) is 0 Å². The van der Waals surface area contributed by atoms with Gasteiger partial charge in [0, 0.05) is 25.0 Å². The highest BCUT2D eigenvalue weighted by Crippen LogP contribution is 2.22. The van der Waals surface area contributed by atoms with E-state index in [0.717, 1.165) is 18.6 Å². The number of pyridine rings is 1. The van der Waals surface area contributed by atoms with E-state index in [2.05, 4.69) is 25.8 Å². The molecule has 2 N–H and O–H groups in total. The van der Waals surface area contributed by atoms with Crippen molar-refractivity contribution in [2.75, 3.05) is 6.61 Å². The van der Waals surface area contributed by atoms with E-state index >= 15 is 0 Å². The molecule has 0 aliphatic carbocycles. The number of ether oxygens (including phenoxy) is 1. The molecule has 1 aromatic heterocycles. The summed E-state index contributed by atoms with van der Waals surface area (Å²) < 4.78 is 5.89. The topological polar surface area (TPSA) is 48.1 Å². The Bertz CT molecular complexity index is 287. The SMILES string of the molecule is CCC(N)C(OCC(C)C)c1ccncc1. The molecule has 90 valence electrons. The van der Waals surface area contributed by atoms with Crippen LogP contribution in [0.5, 0.6) is 0 Å². The van der Waals surface area contributed by atoms with E-state index in [0.29, 0.717) is 5.92 Å². The summed E-state index contributed by atoms with van der Waals surface area (Å²) in [7, 11) is 0. The molecule has 1 heterocycles. The molecule has 1 aromatic rings. The Morgan fingerprint density at radius 1 is 1.31 bits per heavy atom. The first-order valence-corrected chi connectivity index (χ1v) is 5.92. The van der Waals surface area contributed by atoms with Gasteiger partial charge in [0.2, 0.25) is 0 Å². The molecular formula is C13H22N2O. The first-order chi connectivity index (χ1) is 7.65. The van der Waals surface area contributed by atoms with E-state index in [4.69, 9.17) is 10.5 Å². The van der Waals surface area contributed by atoms with Gasteiger partial charge in [-0.05, 0) is 30.0 Å². The summed E-state index contributed by atoms with van der Waals surface area (Å²) in [5, 5.41) is 0. The second-order valence-corrected chi connectivity index (χ2v) is 4.50. The van der Waals surface area contributed by atoms with E-state index in [9.17, 15) is 0 Å². The summed E-state index contributed by atoms with van der Waals surface area (Å²) in [4.78, 5) is 4.01. The second-order valence-electron chi connectivity index (χ2n) is 4.50. The maximum absolute atomic E-state index is 6.09. The van der Waals surface area contributed by atoms with Crippen LogP contribution in [-0.2, 0) is 4.74 Å². The Kier molecular flexibility index (Phi) is 5.43. The number of rotatable bonds is 6. The lowest BCUT2D eigenvalue weighted by Gasteiger charge is -2.24. The van der Waals surface area contributed by atoms with Gasteiger partial charge in [-0.3, -0.25) is 4.98 Å². The molecule has 3 heteroatoms. The molecule has 2 unspecified atom stereocenters. The molecule has 3 nitrogen and oxygen atoms in total. The molecule has 0 saturated carbocycles. The van der Waals surface area contributed by atoms with E-state index in [1.165, 1.54) is 0 Å². The first-order valence-electron chi connectivity index (χ1n) is 5.92. The first kappa shape index (κ1) is 13.1. The number of hydrogen-bond donors (Lipinski definition) is 1. The van der Waals surface area contributed by atoms with Crippen LogP contribution in [0, 0.1) is 5.92 Å². The Balaban J connectivity index is 2.71. The van der Waals surface area contributed by atoms with Gasteiger partial charge >= 0.3 is 0 Å². The van der Waals surface area contributed by atoms with Crippen molar-refractivity contribution in [2.45, 2.75) is 39.3 Å². The zero-order valence-electron chi connectivity index (χ0n) is 10.4. The molecule has 0 radical (unpaired) electrons. The molecule has 0 amide bonds. The van der Waals surface area contributed by atoms with Crippen molar-refractivity contribution in [1.82, 2.24) is 4.98 Å². The third-order valence-corrected chi connectivity index (χ3v) is 2.50. The molecule has 1 rings (SSSR count). The van der Waals surface area contributed by atoms with Crippen LogP contribution in [0.2, 0.25) is 0 Å². The van der Waals surface area contributed by atoms with Gasteiger partial charge in [-0.1, -0.05) is 20.8 Å². The molecule has 0 spiro atoms. The zero-order chi connectivity index (χ0) is 12.0. The maximum Gasteiger partial charge on any atom is 0.0976 e. The summed E-state index contributed by atoms with van der Waals surface area (Å²) in [6, 6.07) is 3.99. The van der Waals surface area contributed by atoms with E-state index in [1.807, 2.05) is 12.1 Å². The fourth-order valence-electron chi connectivity index (χ4n) is 1.53. The highest BCUT2D eigenvalue weighted by Gasteiger charge is 2.19. The third kappa shape index (κ3) is 3.91. The van der Waals surface area contributed by atoms with Crippen LogP contribution in [0.1, 0.15) is 38.9 Å². The Hall–Kier alpha value is -0.930. The van der Waals surface area contributed by atoms with Crippen LogP contribution < -0.4 is 5.73 Å². The molecule has 2 atom stereocenters. The Labute approximate surface area is 98.0 Å². The fourth-order valence-corrected chi connectivity index (χ4v) is 1.53. The molecule has 0 aliphatic heterocycles. The van der Waals surface area contributed by atoms with Gasteiger partial charge in [0.15, 0.2) is 0 Å². The summed E-state index contributed by atoms with van der Waals surface area (Å²) in [6.45, 7) is 7.10. The normalized spacial score (nSPS) is 15.1. The number of aromatic nitrogens is 1. The number of nitrogens with two attached hydrogens (primary N) is 1. The summed E-state index contributed by atoms with van der Waals surface area (Å²) in [5.74, 6) is 0.522. The lowest BCUT2D eigenvalue weighted by atomic mass is 10.0. The summed E-state index contributed by atoms with van der Waals surface area (Å²) in [6.07, 6.45) is 4.45. The number of hydrogen-bond acceptors (Lipinski definition) is 3. The predicted octanol–water partition coefficient (Wildman–Crippen LogP) is 2.53. The van der Waals surface area contributed by atoms with Gasteiger partial charge in [0.25, 0.3) is 0 Å². The monoisotopic (exact) mass is 222 g/mol. The summed E-state index contributed by atoms with van der Waals surface area (Å²) >= 11 is 0. The molecule has 0 aromatic carbocycles. The minimum Gasteiger partial charge on any atom is -0.372 e. The fraction of sp³-hybridized carbons (Fsp3) is 0.615. The zero-order valence-corrected chi connectivity index (χ0v) is 10.4. The van der Waals surface area contributed by atoms with Gasteiger partial charge in [-0.2, -0.15) is 0 Å². The Morgan fingerprint density at radius 3 is 2.44 bits per heavy atom. The van der Waals surface area contributed by atoms with Crippen LogP contribution >= 0.6 is 0 Å². The van der Waals surface area contributed by atoms with Gasteiger partial charge in [-0.25, -0.2) is 0 Å². The molecule has 0 saturated heterocycles. The standard InChI is InChI=1S/C13H22N2O/c1-4-12(14)13(16-9-10(2)3)11-5-7-15-8-6-11/h5-8,10,12-13H,4,9,14H2,1-3H3. The lowest BCUT2D eigenvalue weighted by Crippen LogP contribution is -2.30. The van der Waals surface area contributed by atoms with Crippen LogP contribution in [0.3, 0.4) is 0 Å². The lowest BCUT2D eigenvalue weighted by molar-refractivity contribution is 0.0177. The van der Waals surface area contributed by atoms with Crippen molar-refractivity contribution in [1.29, 1.82) is 0 Å². The average Bonchev–Trinajstić information content (AvgIpc) is 2.30. The quantitative estimate of drug-likeness (QED) is 0.804. The van der Waals surface area contributed by atoms with Crippen LogP contribution in [0.25, 0.3) is 0 Å². The van der Waals surface area contributed by atoms with Crippen molar-refractivity contribution < 1.29 is 4.74 Å². The molecule has 16 heavy (non-hydrogen) atoms. The van der Waals surface area contributed by atoms with Crippen LogP contribution in [-0.4, -0.2) is 17.6 Å². The van der Waals surface area contributed by atoms with Crippen LogP contribution in [0.15, 0.2) is 24.5 Å². The van der Waals surface area contributed by atoms with Crippen LogP contribution in [0.4, 0.5) is 0 Å². The van der Waals surface area contributed by atoms with Crippen molar-refractivity contribution in [3.05, 3.63) is 30.1 Å². The smallest absolute Gasteiger partial charge is 0.0976 e. The highest BCUT2D eigenvalue weighted by molar-refractivity contribution is 5.15. The van der Waals surface area contributed by atoms with Crippen molar-refractivity contribution in [3.63, 3.8) is 0 Å². The minimum absolute atomic E-state index is 0.0181. The molecule has 0 bridgehead atoms. The average molecular weight is 222 g/mol. The summed E-state index contributed by atoms with van der Waals surface area (Å²) in [5.41, 5.74) is 7.21. The predicted molar refractivity (Wildman–Crippen MR) is 66.0 cm³/mol. The van der Waals surface area contributed by atoms with Gasteiger partial charge in [0.1, 0.15) is 0 Å². The largest absolute Gasteiger partial charge is 0.372 e. The highest BCUT2D eigenvalue weighted by atomic mass is 16.5. The minimum atomic E-state index is -0.0181. The van der Waals surface area contributed by atoms with Crippen molar-refractivity contribution >= 4 is 0 Å². The molecular weight excluding hydrogens is 200 g/mol. The Morgan fingerprint density at radius 2 is 1.94 bits per heavy atom. The van der Waals surface area contributed by atoms with E-state index < -0.39 is 0 Å². The van der Waals surface area contributed by atoms with E-state index in [1.54, 1.807) is 12.4 Å². The second kappa shape index (κ2) is 6.61. The van der Waals surface area contributed by atoms with Gasteiger partial charge in [-0.15, -0.1) is 0 Å². The molecule has 0 fully saturated rings. The van der Waals surface area contributed by atoms with Crippen molar-refractivity contribution in [2.24, 2.45) is 11.7 Å². The van der Waals surface area contributed by atoms with Gasteiger partial charge in [0.05, 0.1) is 6.10 Å². The number of nitrogens with zero attached hydrogens (tertiary/aromatic N) is 1.